The van der Waals surface area contributed by atoms with Crippen LogP contribution in [0.25, 0.3) is 0 Å². The van der Waals surface area contributed by atoms with Crippen LogP contribution in [-0.4, -0.2) is 74.6 Å². The molecule has 0 aromatic rings. The highest BCUT2D eigenvalue weighted by molar-refractivity contribution is 5.24. The lowest BCUT2D eigenvalue weighted by Gasteiger charge is -2.41. The van der Waals surface area contributed by atoms with Gasteiger partial charge in [0, 0.05) is 6.42 Å². The van der Waals surface area contributed by atoms with E-state index in [2.05, 4.69) is 0 Å². The molecule has 1 aliphatic carbocycles. The Balaban J connectivity index is 2.12. The lowest BCUT2D eigenvalue weighted by molar-refractivity contribution is -0.315. The topological polar surface area (TPSA) is 143 Å². The van der Waals surface area contributed by atoms with E-state index in [0.29, 0.717) is 0 Å². The summed E-state index contributed by atoms with van der Waals surface area (Å²) in [7, 11) is 0. The van der Waals surface area contributed by atoms with Crippen molar-refractivity contribution in [3.8, 4) is 6.07 Å². The van der Waals surface area contributed by atoms with E-state index in [1.165, 1.54) is 12.2 Å². The zero-order valence-electron chi connectivity index (χ0n) is 10.5. The van der Waals surface area contributed by atoms with Crippen molar-refractivity contribution < 1.29 is 35.0 Å². The number of hydrogen-bond acceptors (Lipinski definition) is 8. The maximum atomic E-state index is 9.82. The van der Waals surface area contributed by atoms with Crippen molar-refractivity contribution in [1.29, 1.82) is 5.26 Å². The standard InChI is InChI=1S/C12H17NO7/c13-5-12(2-1-6(15)3-12)20-11-10(18)9(17)8(16)7(4-14)19-11/h1-2,6-11,14-18H,3-4H2/t6-,7-,8-,9+,10-,11+,12-/m0/s1. The number of hydrogen-bond donors (Lipinski definition) is 5. The summed E-state index contributed by atoms with van der Waals surface area (Å²) in [5, 5.41) is 56.7. The molecule has 112 valence electrons. The molecular formula is C12H17NO7. The van der Waals surface area contributed by atoms with Gasteiger partial charge in [-0.1, -0.05) is 6.08 Å². The first-order chi connectivity index (χ1) is 9.42. The molecule has 0 aromatic heterocycles. The van der Waals surface area contributed by atoms with Gasteiger partial charge < -0.3 is 35.0 Å². The second-order valence-electron chi connectivity index (χ2n) is 4.95. The summed E-state index contributed by atoms with van der Waals surface area (Å²) in [6.45, 7) is -0.581. The van der Waals surface area contributed by atoms with E-state index in [1.807, 2.05) is 6.07 Å². The minimum atomic E-state index is -1.58. The fraction of sp³-hybridized carbons (Fsp3) is 0.750. The van der Waals surface area contributed by atoms with Gasteiger partial charge in [-0.3, -0.25) is 0 Å². The van der Waals surface area contributed by atoms with Crippen molar-refractivity contribution in [2.45, 2.75) is 48.8 Å². The minimum Gasteiger partial charge on any atom is -0.394 e. The first-order valence-electron chi connectivity index (χ1n) is 6.19. The number of aliphatic hydroxyl groups excluding tert-OH is 5. The van der Waals surface area contributed by atoms with E-state index in [4.69, 9.17) is 19.8 Å². The first-order valence-corrected chi connectivity index (χ1v) is 6.19. The van der Waals surface area contributed by atoms with Gasteiger partial charge in [-0.15, -0.1) is 0 Å². The van der Waals surface area contributed by atoms with Crippen LogP contribution in [0.15, 0.2) is 12.2 Å². The maximum Gasteiger partial charge on any atom is 0.189 e. The third-order valence-corrected chi connectivity index (χ3v) is 3.46. The summed E-state index contributed by atoms with van der Waals surface area (Å²) in [6, 6.07) is 1.87. The molecule has 0 spiro atoms. The monoisotopic (exact) mass is 287 g/mol. The molecule has 1 heterocycles. The molecule has 20 heavy (non-hydrogen) atoms. The molecule has 0 saturated carbocycles. The largest absolute Gasteiger partial charge is 0.394 e. The average molecular weight is 287 g/mol. The molecule has 2 rings (SSSR count). The molecule has 1 fully saturated rings. The number of nitrogens with zero attached hydrogens (tertiary/aromatic N) is 1. The quantitative estimate of drug-likeness (QED) is 0.355. The zero-order valence-corrected chi connectivity index (χ0v) is 10.5. The lowest BCUT2D eigenvalue weighted by atomic mass is 9.98. The van der Waals surface area contributed by atoms with Gasteiger partial charge in [-0.25, -0.2) is 0 Å². The SMILES string of the molecule is N#C[C@]1(O[C@H]2O[C@@H](CO)[C@H](O)[C@@H](O)[C@@H]2O)C=C[C@H](O)C1. The summed E-state index contributed by atoms with van der Waals surface area (Å²) >= 11 is 0. The lowest BCUT2D eigenvalue weighted by Crippen LogP contribution is -2.60. The Bertz CT molecular complexity index is 421. The van der Waals surface area contributed by atoms with Crippen LogP contribution in [0.4, 0.5) is 0 Å². The maximum absolute atomic E-state index is 9.82. The van der Waals surface area contributed by atoms with Gasteiger partial charge in [0.05, 0.1) is 12.7 Å². The van der Waals surface area contributed by atoms with Crippen molar-refractivity contribution in [3.63, 3.8) is 0 Å². The smallest absolute Gasteiger partial charge is 0.189 e. The number of rotatable bonds is 3. The van der Waals surface area contributed by atoms with Crippen molar-refractivity contribution >= 4 is 0 Å². The molecule has 2 aliphatic rings. The zero-order chi connectivity index (χ0) is 14.9. The van der Waals surface area contributed by atoms with E-state index in [1.54, 1.807) is 0 Å². The number of aliphatic hydroxyl groups is 5. The number of nitriles is 1. The molecule has 5 N–H and O–H groups in total. The number of ether oxygens (including phenoxy) is 2. The summed E-state index contributed by atoms with van der Waals surface area (Å²) in [6.07, 6.45) is -5.30. The van der Waals surface area contributed by atoms with Gasteiger partial charge in [0.15, 0.2) is 11.9 Å². The molecule has 8 nitrogen and oxygen atoms in total. The Labute approximate surface area is 115 Å². The Morgan fingerprint density at radius 2 is 1.95 bits per heavy atom. The Morgan fingerprint density at radius 1 is 1.25 bits per heavy atom. The molecule has 7 atom stereocenters. The summed E-state index contributed by atoms with van der Waals surface area (Å²) in [5.74, 6) is 0. The van der Waals surface area contributed by atoms with Crippen LogP contribution in [0.2, 0.25) is 0 Å². The summed E-state index contributed by atoms with van der Waals surface area (Å²) in [4.78, 5) is 0. The van der Waals surface area contributed by atoms with Crippen molar-refractivity contribution in [1.82, 2.24) is 0 Å². The van der Waals surface area contributed by atoms with Crippen LogP contribution >= 0.6 is 0 Å². The van der Waals surface area contributed by atoms with E-state index >= 15 is 0 Å². The predicted octanol–water partition coefficient (Wildman–Crippen LogP) is -2.61. The molecule has 8 heteroatoms. The molecular weight excluding hydrogens is 270 g/mol. The third kappa shape index (κ3) is 2.70. The highest BCUT2D eigenvalue weighted by Crippen LogP contribution is 2.32. The minimum absolute atomic E-state index is 0.0292. The highest BCUT2D eigenvalue weighted by atomic mass is 16.7. The van der Waals surface area contributed by atoms with Crippen LogP contribution < -0.4 is 0 Å². The van der Waals surface area contributed by atoms with Crippen molar-refractivity contribution in [2.75, 3.05) is 6.61 Å². The van der Waals surface area contributed by atoms with Crippen LogP contribution in [0.1, 0.15) is 6.42 Å². The third-order valence-electron chi connectivity index (χ3n) is 3.46. The van der Waals surface area contributed by atoms with Gasteiger partial charge in [0.25, 0.3) is 0 Å². The van der Waals surface area contributed by atoms with Gasteiger partial charge in [0.1, 0.15) is 30.5 Å². The van der Waals surface area contributed by atoms with Crippen LogP contribution in [0.5, 0.6) is 0 Å². The van der Waals surface area contributed by atoms with Crippen molar-refractivity contribution in [3.05, 3.63) is 12.2 Å². The second-order valence-corrected chi connectivity index (χ2v) is 4.95. The Kier molecular flexibility index (Phi) is 4.41. The molecule has 0 bridgehead atoms. The van der Waals surface area contributed by atoms with Gasteiger partial charge in [-0.2, -0.15) is 5.26 Å². The Morgan fingerprint density at radius 3 is 2.45 bits per heavy atom. The van der Waals surface area contributed by atoms with E-state index in [-0.39, 0.29) is 6.42 Å². The normalized spacial score (nSPS) is 48.2. The highest BCUT2D eigenvalue weighted by Gasteiger charge is 2.48. The van der Waals surface area contributed by atoms with Gasteiger partial charge >= 0.3 is 0 Å². The van der Waals surface area contributed by atoms with E-state index in [0.717, 1.165) is 0 Å². The fourth-order valence-corrected chi connectivity index (χ4v) is 2.28. The Hall–Kier alpha value is -1.05. The van der Waals surface area contributed by atoms with Gasteiger partial charge in [-0.05, 0) is 6.08 Å². The summed E-state index contributed by atoms with van der Waals surface area (Å²) < 4.78 is 10.5. The van der Waals surface area contributed by atoms with Crippen LogP contribution in [0, 0.1) is 11.3 Å². The molecule has 0 aromatic carbocycles. The molecule has 0 radical (unpaired) electrons. The van der Waals surface area contributed by atoms with Crippen LogP contribution in [-0.2, 0) is 9.47 Å². The predicted molar refractivity (Wildman–Crippen MR) is 63.0 cm³/mol. The molecule has 1 saturated heterocycles. The first kappa shape index (κ1) is 15.3. The van der Waals surface area contributed by atoms with Crippen molar-refractivity contribution in [2.24, 2.45) is 0 Å². The molecule has 1 aliphatic heterocycles. The fourth-order valence-electron chi connectivity index (χ4n) is 2.28. The second kappa shape index (κ2) is 5.75. The van der Waals surface area contributed by atoms with E-state index in [9.17, 15) is 20.4 Å². The van der Waals surface area contributed by atoms with Crippen LogP contribution in [0.3, 0.4) is 0 Å². The summed E-state index contributed by atoms with van der Waals surface area (Å²) in [5.41, 5.74) is -1.48. The average Bonchev–Trinajstić information content (AvgIpc) is 2.81. The molecule has 0 amide bonds. The molecule has 0 unspecified atom stereocenters. The van der Waals surface area contributed by atoms with E-state index < -0.39 is 49.0 Å². The van der Waals surface area contributed by atoms with Gasteiger partial charge in [0.2, 0.25) is 0 Å².